The average Bonchev–Trinajstić information content (AvgIpc) is 2.48. The number of nitrogens with zero attached hydrogens (tertiary/aromatic N) is 2. The number of halogens is 1. The molecule has 0 saturated carbocycles. The van der Waals surface area contributed by atoms with Gasteiger partial charge in [-0.05, 0) is 30.5 Å². The van der Waals surface area contributed by atoms with Crippen LogP contribution in [0.2, 0.25) is 0 Å². The van der Waals surface area contributed by atoms with Crippen LogP contribution >= 0.6 is 12.4 Å². The highest BCUT2D eigenvalue weighted by molar-refractivity contribution is 5.85. The third-order valence-corrected chi connectivity index (χ3v) is 3.52. The van der Waals surface area contributed by atoms with Gasteiger partial charge in [-0.3, -0.25) is 9.88 Å². The van der Waals surface area contributed by atoms with Crippen molar-refractivity contribution in [1.82, 2.24) is 9.88 Å². The summed E-state index contributed by atoms with van der Waals surface area (Å²) in [5.41, 5.74) is 9.50. The molecular formula is C17H24ClN3. The molecule has 0 bridgehead atoms. The van der Waals surface area contributed by atoms with Gasteiger partial charge in [0, 0.05) is 38.1 Å². The first-order chi connectivity index (χ1) is 9.79. The van der Waals surface area contributed by atoms with E-state index in [4.69, 9.17) is 5.73 Å². The molecule has 0 unspecified atom stereocenters. The molecule has 4 heteroatoms. The predicted octanol–water partition coefficient (Wildman–Crippen LogP) is 2.82. The standard InChI is InChI=1S/C17H23N3.ClH/c1-15-17(8-5-11-19-15)14-20(13-10-18)12-9-16-6-3-2-4-7-16;/h2-8,11H,9-10,12-14,18H2,1H3;1H. The fraction of sp³-hybridized carbons (Fsp3) is 0.353. The van der Waals surface area contributed by atoms with Crippen molar-refractivity contribution in [1.29, 1.82) is 0 Å². The highest BCUT2D eigenvalue weighted by Gasteiger charge is 2.07. The van der Waals surface area contributed by atoms with Crippen molar-refractivity contribution in [2.24, 2.45) is 5.73 Å². The molecule has 0 aliphatic carbocycles. The lowest BCUT2D eigenvalue weighted by molar-refractivity contribution is 0.275. The molecule has 0 atom stereocenters. The maximum absolute atomic E-state index is 5.73. The second-order valence-corrected chi connectivity index (χ2v) is 5.05. The molecule has 0 spiro atoms. The van der Waals surface area contributed by atoms with E-state index in [0.717, 1.165) is 31.7 Å². The van der Waals surface area contributed by atoms with Crippen LogP contribution in [-0.2, 0) is 13.0 Å². The van der Waals surface area contributed by atoms with Gasteiger partial charge in [-0.15, -0.1) is 12.4 Å². The number of benzene rings is 1. The van der Waals surface area contributed by atoms with Gasteiger partial charge in [-0.1, -0.05) is 36.4 Å². The summed E-state index contributed by atoms with van der Waals surface area (Å²) in [4.78, 5) is 6.75. The van der Waals surface area contributed by atoms with Crippen LogP contribution in [0.15, 0.2) is 48.7 Å². The van der Waals surface area contributed by atoms with Gasteiger partial charge < -0.3 is 5.73 Å². The van der Waals surface area contributed by atoms with Gasteiger partial charge in [0.05, 0.1) is 0 Å². The van der Waals surface area contributed by atoms with Crippen LogP contribution in [-0.4, -0.2) is 29.5 Å². The van der Waals surface area contributed by atoms with Gasteiger partial charge in [-0.2, -0.15) is 0 Å². The summed E-state index contributed by atoms with van der Waals surface area (Å²) in [5, 5.41) is 0. The van der Waals surface area contributed by atoms with Crippen LogP contribution in [0, 0.1) is 6.92 Å². The molecule has 0 saturated heterocycles. The summed E-state index contributed by atoms with van der Waals surface area (Å²) in [6.45, 7) is 5.61. The third kappa shape index (κ3) is 5.84. The van der Waals surface area contributed by atoms with E-state index in [2.05, 4.69) is 53.2 Å². The minimum Gasteiger partial charge on any atom is -0.329 e. The van der Waals surface area contributed by atoms with Gasteiger partial charge in [0.2, 0.25) is 0 Å². The Morgan fingerprint density at radius 1 is 1.05 bits per heavy atom. The molecule has 0 radical (unpaired) electrons. The van der Waals surface area contributed by atoms with Crippen LogP contribution in [0.1, 0.15) is 16.8 Å². The number of rotatable bonds is 7. The Morgan fingerprint density at radius 3 is 2.48 bits per heavy atom. The minimum atomic E-state index is 0. The molecule has 21 heavy (non-hydrogen) atoms. The fourth-order valence-corrected chi connectivity index (χ4v) is 2.31. The maximum atomic E-state index is 5.73. The van der Waals surface area contributed by atoms with Crippen LogP contribution in [0.3, 0.4) is 0 Å². The molecule has 0 aliphatic heterocycles. The van der Waals surface area contributed by atoms with Crippen LogP contribution in [0.4, 0.5) is 0 Å². The van der Waals surface area contributed by atoms with E-state index in [1.807, 2.05) is 12.3 Å². The van der Waals surface area contributed by atoms with Crippen molar-refractivity contribution < 1.29 is 0 Å². The third-order valence-electron chi connectivity index (χ3n) is 3.52. The second kappa shape index (κ2) is 9.50. The van der Waals surface area contributed by atoms with Gasteiger partial charge in [0.1, 0.15) is 0 Å². The zero-order valence-electron chi connectivity index (χ0n) is 12.5. The first-order valence-corrected chi connectivity index (χ1v) is 7.16. The highest BCUT2D eigenvalue weighted by atomic mass is 35.5. The van der Waals surface area contributed by atoms with Crippen molar-refractivity contribution >= 4 is 12.4 Å². The molecule has 0 aliphatic rings. The lowest BCUT2D eigenvalue weighted by Crippen LogP contribution is -2.31. The summed E-state index contributed by atoms with van der Waals surface area (Å²) in [6.07, 6.45) is 2.90. The summed E-state index contributed by atoms with van der Waals surface area (Å²) >= 11 is 0. The molecule has 3 nitrogen and oxygen atoms in total. The fourth-order valence-electron chi connectivity index (χ4n) is 2.31. The molecule has 1 aromatic carbocycles. The summed E-state index contributed by atoms with van der Waals surface area (Å²) in [7, 11) is 0. The molecular weight excluding hydrogens is 282 g/mol. The largest absolute Gasteiger partial charge is 0.329 e. The molecule has 2 rings (SSSR count). The average molecular weight is 306 g/mol. The van der Waals surface area contributed by atoms with E-state index in [1.165, 1.54) is 11.1 Å². The molecule has 2 aromatic rings. The maximum Gasteiger partial charge on any atom is 0.0417 e. The summed E-state index contributed by atoms with van der Waals surface area (Å²) in [5.74, 6) is 0. The van der Waals surface area contributed by atoms with Gasteiger partial charge >= 0.3 is 0 Å². The molecule has 2 N–H and O–H groups in total. The van der Waals surface area contributed by atoms with Crippen molar-refractivity contribution in [2.45, 2.75) is 19.9 Å². The number of aromatic nitrogens is 1. The van der Waals surface area contributed by atoms with E-state index in [1.54, 1.807) is 0 Å². The number of pyridine rings is 1. The first kappa shape index (κ1) is 17.6. The van der Waals surface area contributed by atoms with Crippen molar-refractivity contribution in [3.63, 3.8) is 0 Å². The molecule has 114 valence electrons. The number of aryl methyl sites for hydroxylation is 1. The Hall–Kier alpha value is -1.42. The Bertz CT molecular complexity index is 516. The van der Waals surface area contributed by atoms with E-state index in [-0.39, 0.29) is 12.4 Å². The Labute approximate surface area is 133 Å². The Morgan fingerprint density at radius 2 is 1.81 bits per heavy atom. The van der Waals surface area contributed by atoms with Gasteiger partial charge in [0.25, 0.3) is 0 Å². The van der Waals surface area contributed by atoms with E-state index >= 15 is 0 Å². The topological polar surface area (TPSA) is 42.2 Å². The highest BCUT2D eigenvalue weighted by Crippen LogP contribution is 2.09. The monoisotopic (exact) mass is 305 g/mol. The van der Waals surface area contributed by atoms with Gasteiger partial charge in [-0.25, -0.2) is 0 Å². The number of nitrogens with two attached hydrogens (primary N) is 1. The lowest BCUT2D eigenvalue weighted by atomic mass is 10.1. The first-order valence-electron chi connectivity index (χ1n) is 7.16. The van der Waals surface area contributed by atoms with Gasteiger partial charge in [0.15, 0.2) is 0 Å². The predicted molar refractivity (Wildman–Crippen MR) is 90.7 cm³/mol. The molecule has 0 amide bonds. The van der Waals surface area contributed by atoms with E-state index in [9.17, 15) is 0 Å². The molecule has 1 aromatic heterocycles. The van der Waals surface area contributed by atoms with Crippen molar-refractivity contribution in [3.05, 3.63) is 65.5 Å². The zero-order valence-corrected chi connectivity index (χ0v) is 13.4. The second-order valence-electron chi connectivity index (χ2n) is 5.05. The summed E-state index contributed by atoms with van der Waals surface area (Å²) < 4.78 is 0. The SMILES string of the molecule is Cc1ncccc1CN(CCN)CCc1ccccc1.Cl. The van der Waals surface area contributed by atoms with E-state index in [0.29, 0.717) is 6.54 Å². The normalized spacial score (nSPS) is 10.4. The van der Waals surface area contributed by atoms with Crippen molar-refractivity contribution in [2.75, 3.05) is 19.6 Å². The van der Waals surface area contributed by atoms with Crippen LogP contribution in [0.25, 0.3) is 0 Å². The Balaban J connectivity index is 0.00000220. The minimum absolute atomic E-state index is 0. The van der Waals surface area contributed by atoms with Crippen LogP contribution < -0.4 is 5.73 Å². The lowest BCUT2D eigenvalue weighted by Gasteiger charge is -2.22. The summed E-state index contributed by atoms with van der Waals surface area (Å²) in [6, 6.07) is 14.7. The molecule has 0 fully saturated rings. The smallest absolute Gasteiger partial charge is 0.0417 e. The van der Waals surface area contributed by atoms with Crippen molar-refractivity contribution in [3.8, 4) is 0 Å². The van der Waals surface area contributed by atoms with E-state index < -0.39 is 0 Å². The molecule has 1 heterocycles. The Kier molecular flexibility index (Phi) is 7.98. The zero-order chi connectivity index (χ0) is 14.2. The quantitative estimate of drug-likeness (QED) is 0.855. The number of hydrogen-bond acceptors (Lipinski definition) is 3. The number of hydrogen-bond donors (Lipinski definition) is 1. The van der Waals surface area contributed by atoms with Crippen LogP contribution in [0.5, 0.6) is 0 Å².